The lowest BCUT2D eigenvalue weighted by molar-refractivity contribution is -0.173. The average Bonchev–Trinajstić information content (AvgIpc) is 3.19. The number of hydrogen-bond acceptors (Lipinski definition) is 10. The van der Waals surface area contributed by atoms with Crippen LogP contribution >= 0.6 is 0 Å². The number of amides is 3. The predicted molar refractivity (Wildman–Crippen MR) is 217 cm³/mol. The number of ether oxygens (including phenoxy) is 4. The second-order valence-corrected chi connectivity index (χ2v) is 15.0. The summed E-state index contributed by atoms with van der Waals surface area (Å²) in [6.07, 6.45) is -2.15. The van der Waals surface area contributed by atoms with Crippen molar-refractivity contribution in [3.05, 3.63) is 119 Å². The lowest BCUT2D eigenvalue weighted by atomic mass is 10.0. The number of hydrogen-bond donors (Lipinski definition) is 3. The minimum atomic E-state index is -1.54. The second kappa shape index (κ2) is 23.9. The molecule has 58 heavy (non-hydrogen) atoms. The van der Waals surface area contributed by atoms with Crippen LogP contribution in [0, 0.1) is 17.8 Å². The van der Waals surface area contributed by atoms with Gasteiger partial charge in [-0.1, -0.05) is 139 Å². The van der Waals surface area contributed by atoms with E-state index in [0.717, 1.165) is 11.1 Å². The fraction of sp³-hybridized carbons (Fsp3) is 0.422. The van der Waals surface area contributed by atoms with E-state index in [1.54, 1.807) is 56.3 Å². The summed E-state index contributed by atoms with van der Waals surface area (Å²) in [5.41, 5.74) is 1.89. The van der Waals surface area contributed by atoms with Gasteiger partial charge in [-0.15, -0.1) is 0 Å². The third-order valence-corrected chi connectivity index (χ3v) is 8.75. The van der Waals surface area contributed by atoms with Gasteiger partial charge in [-0.3, -0.25) is 9.59 Å². The maximum absolute atomic E-state index is 13.9. The van der Waals surface area contributed by atoms with Crippen molar-refractivity contribution in [2.24, 2.45) is 17.8 Å². The molecule has 0 aliphatic rings. The molecule has 3 N–H and O–H groups in total. The standard InChI is InChI=1S/C45H57N3O10/c1-8-35(46-41(50)39(31(6)7)48-45(54)56-28-34-22-16-11-17-23-34)43(52)58-38(26-32-18-12-9-13-19-32)44(53)57-37(25-30(4)5)40(49)47-36(24-29(2)3)42(51)55-27-33-20-14-10-15-21-33/h8-23,29-31,36-39H,24-28H2,1-7H3,(H,46,50)(H,47,49)(H,48,54)/b35-8+/t36-,37+,38+,39+/m1/s1. The number of rotatable bonds is 21. The quantitative estimate of drug-likeness (QED) is 0.0626. The summed E-state index contributed by atoms with van der Waals surface area (Å²) in [7, 11) is 0. The van der Waals surface area contributed by atoms with Crippen molar-refractivity contribution < 1.29 is 47.7 Å². The van der Waals surface area contributed by atoms with E-state index in [-0.39, 0.29) is 50.0 Å². The van der Waals surface area contributed by atoms with Crippen LogP contribution in [0.3, 0.4) is 0 Å². The summed E-state index contributed by atoms with van der Waals surface area (Å²) >= 11 is 0. The molecule has 0 aliphatic heterocycles. The van der Waals surface area contributed by atoms with E-state index in [9.17, 15) is 28.8 Å². The van der Waals surface area contributed by atoms with Crippen LogP contribution in [-0.2, 0) is 62.6 Å². The molecule has 0 spiro atoms. The zero-order chi connectivity index (χ0) is 42.6. The van der Waals surface area contributed by atoms with Crippen LogP contribution < -0.4 is 16.0 Å². The first kappa shape index (κ1) is 46.4. The van der Waals surface area contributed by atoms with Gasteiger partial charge in [-0.25, -0.2) is 19.2 Å². The Balaban J connectivity index is 1.75. The Morgan fingerprint density at radius 3 is 1.60 bits per heavy atom. The van der Waals surface area contributed by atoms with Gasteiger partial charge in [0.15, 0.2) is 6.10 Å². The molecule has 3 aromatic carbocycles. The van der Waals surface area contributed by atoms with Gasteiger partial charge < -0.3 is 34.9 Å². The van der Waals surface area contributed by atoms with Gasteiger partial charge in [-0.2, -0.15) is 0 Å². The minimum absolute atomic E-state index is 0.00996. The molecule has 0 bridgehead atoms. The Morgan fingerprint density at radius 1 is 0.586 bits per heavy atom. The lowest BCUT2D eigenvalue weighted by Gasteiger charge is -2.26. The monoisotopic (exact) mass is 799 g/mol. The highest BCUT2D eigenvalue weighted by atomic mass is 16.6. The number of nitrogens with one attached hydrogen (secondary N) is 3. The van der Waals surface area contributed by atoms with Crippen molar-refractivity contribution in [3.8, 4) is 0 Å². The third-order valence-electron chi connectivity index (χ3n) is 8.75. The topological polar surface area (TPSA) is 175 Å². The molecule has 0 heterocycles. The summed E-state index contributed by atoms with van der Waals surface area (Å²) in [6, 6.07) is 24.8. The van der Waals surface area contributed by atoms with Crippen LogP contribution in [0.2, 0.25) is 0 Å². The maximum Gasteiger partial charge on any atom is 0.408 e. The molecule has 0 unspecified atom stereocenters. The van der Waals surface area contributed by atoms with Crippen LogP contribution in [0.1, 0.15) is 78.0 Å². The average molecular weight is 800 g/mol. The number of esters is 3. The molecule has 13 nitrogen and oxygen atoms in total. The summed E-state index contributed by atoms with van der Waals surface area (Å²) in [5, 5.41) is 7.78. The highest BCUT2D eigenvalue weighted by Crippen LogP contribution is 2.17. The first-order chi connectivity index (χ1) is 27.7. The molecule has 0 aliphatic carbocycles. The molecule has 4 atom stereocenters. The summed E-state index contributed by atoms with van der Waals surface area (Å²) in [5.74, 6) is -4.62. The second-order valence-electron chi connectivity index (χ2n) is 15.0. The van der Waals surface area contributed by atoms with Gasteiger partial charge in [-0.05, 0) is 54.2 Å². The largest absolute Gasteiger partial charge is 0.459 e. The van der Waals surface area contributed by atoms with Crippen molar-refractivity contribution in [1.29, 1.82) is 0 Å². The Morgan fingerprint density at radius 2 is 1.10 bits per heavy atom. The summed E-state index contributed by atoms with van der Waals surface area (Å²) in [6.45, 7) is 12.4. The fourth-order valence-electron chi connectivity index (χ4n) is 5.70. The van der Waals surface area contributed by atoms with Gasteiger partial charge in [0.1, 0.15) is 31.0 Å². The number of alkyl carbamates (subject to hydrolysis) is 1. The first-order valence-electron chi connectivity index (χ1n) is 19.6. The lowest BCUT2D eigenvalue weighted by Crippen LogP contribution is -2.50. The SMILES string of the molecule is C/C=C(/NC(=O)[C@@H](NC(=O)OCc1ccccc1)C(C)C)C(=O)O[C@@H](Cc1ccccc1)C(=O)O[C@@H](CC(C)C)C(=O)N[C@H](CC(C)C)C(=O)OCc1ccccc1. The molecule has 3 rings (SSSR count). The molecule has 0 aromatic heterocycles. The Kier molecular flexibility index (Phi) is 19.2. The number of carbonyl (C=O) groups excluding carboxylic acids is 6. The van der Waals surface area contributed by atoms with E-state index in [1.807, 2.05) is 76.2 Å². The maximum atomic E-state index is 13.9. The van der Waals surface area contributed by atoms with Crippen molar-refractivity contribution in [1.82, 2.24) is 16.0 Å². The number of benzene rings is 3. The van der Waals surface area contributed by atoms with Crippen molar-refractivity contribution in [2.75, 3.05) is 0 Å². The zero-order valence-corrected chi connectivity index (χ0v) is 34.4. The molecule has 312 valence electrons. The first-order valence-corrected chi connectivity index (χ1v) is 19.6. The highest BCUT2D eigenvalue weighted by molar-refractivity contribution is 5.97. The normalized spacial score (nSPS) is 13.4. The molecule has 0 fully saturated rings. The van der Waals surface area contributed by atoms with Crippen molar-refractivity contribution >= 4 is 35.8 Å². The van der Waals surface area contributed by atoms with E-state index in [0.29, 0.717) is 5.56 Å². The van der Waals surface area contributed by atoms with Crippen molar-refractivity contribution in [3.63, 3.8) is 0 Å². The van der Waals surface area contributed by atoms with E-state index < -0.39 is 66.0 Å². The zero-order valence-electron chi connectivity index (χ0n) is 34.4. The van der Waals surface area contributed by atoms with E-state index in [2.05, 4.69) is 16.0 Å². The molecular weight excluding hydrogens is 743 g/mol. The van der Waals surface area contributed by atoms with Gasteiger partial charge >= 0.3 is 24.0 Å². The van der Waals surface area contributed by atoms with Crippen molar-refractivity contribution in [2.45, 2.75) is 105 Å². The molecule has 0 radical (unpaired) electrons. The third kappa shape index (κ3) is 16.2. The van der Waals surface area contributed by atoms with E-state index >= 15 is 0 Å². The Labute approximate surface area is 341 Å². The highest BCUT2D eigenvalue weighted by Gasteiger charge is 2.35. The van der Waals surface area contributed by atoms with Crippen LogP contribution in [0.25, 0.3) is 0 Å². The molecule has 13 heteroatoms. The van der Waals surface area contributed by atoms with Crippen LogP contribution in [0.4, 0.5) is 4.79 Å². The summed E-state index contributed by atoms with van der Waals surface area (Å²) < 4.78 is 22.3. The minimum Gasteiger partial charge on any atom is -0.459 e. The molecular formula is C45H57N3O10. The molecule has 3 amide bonds. The Hall–Kier alpha value is -5.98. The van der Waals surface area contributed by atoms with Gasteiger partial charge in [0, 0.05) is 6.42 Å². The molecule has 3 aromatic rings. The van der Waals surface area contributed by atoms with Crippen LogP contribution in [0.15, 0.2) is 103 Å². The smallest absolute Gasteiger partial charge is 0.408 e. The molecule has 0 saturated carbocycles. The van der Waals surface area contributed by atoms with Crippen LogP contribution in [0.5, 0.6) is 0 Å². The fourth-order valence-corrected chi connectivity index (χ4v) is 5.70. The predicted octanol–water partition coefficient (Wildman–Crippen LogP) is 6.34. The van der Waals surface area contributed by atoms with Crippen LogP contribution in [-0.4, -0.2) is 60.1 Å². The van der Waals surface area contributed by atoms with E-state index in [4.69, 9.17) is 18.9 Å². The van der Waals surface area contributed by atoms with E-state index in [1.165, 1.54) is 13.0 Å². The summed E-state index contributed by atoms with van der Waals surface area (Å²) in [4.78, 5) is 80.6. The Bertz CT molecular complexity index is 1810. The molecule has 0 saturated heterocycles. The van der Waals surface area contributed by atoms with Gasteiger partial charge in [0.2, 0.25) is 12.0 Å². The van der Waals surface area contributed by atoms with Gasteiger partial charge in [0.25, 0.3) is 5.91 Å². The number of carbonyl (C=O) groups is 6. The van der Waals surface area contributed by atoms with Gasteiger partial charge in [0.05, 0.1) is 0 Å². The number of allylic oxidation sites excluding steroid dienone is 1.